The standard InChI is InChI=1S/C14H13BrN2O/c1-10(11-5-3-2-4-6-11)14(18)17-12-7-8-13(15)16-9-12/h2-10H,1H3,(H,17,18). The van der Waals surface area contributed by atoms with Crippen LogP contribution in [-0.2, 0) is 4.79 Å². The minimum atomic E-state index is -0.185. The van der Waals surface area contributed by atoms with Crippen LogP contribution >= 0.6 is 15.9 Å². The third kappa shape index (κ3) is 3.17. The van der Waals surface area contributed by atoms with E-state index in [1.165, 1.54) is 0 Å². The number of nitrogens with zero attached hydrogens (tertiary/aromatic N) is 1. The molecular weight excluding hydrogens is 292 g/mol. The molecule has 92 valence electrons. The van der Waals surface area contributed by atoms with Crippen molar-refractivity contribution in [2.24, 2.45) is 0 Å². The van der Waals surface area contributed by atoms with Gasteiger partial charge >= 0.3 is 0 Å². The van der Waals surface area contributed by atoms with Crippen molar-refractivity contribution in [2.45, 2.75) is 12.8 Å². The monoisotopic (exact) mass is 304 g/mol. The maximum atomic E-state index is 12.0. The topological polar surface area (TPSA) is 42.0 Å². The molecule has 3 nitrogen and oxygen atoms in total. The number of nitrogens with one attached hydrogen (secondary N) is 1. The molecule has 1 amide bonds. The van der Waals surface area contributed by atoms with Crippen LogP contribution in [0.2, 0.25) is 0 Å². The Morgan fingerprint density at radius 1 is 1.22 bits per heavy atom. The van der Waals surface area contributed by atoms with Crippen LogP contribution in [0.15, 0.2) is 53.3 Å². The van der Waals surface area contributed by atoms with Gasteiger partial charge in [0.25, 0.3) is 0 Å². The third-order valence-electron chi connectivity index (χ3n) is 2.69. The maximum absolute atomic E-state index is 12.0. The number of amides is 1. The van der Waals surface area contributed by atoms with Gasteiger partial charge in [-0.1, -0.05) is 30.3 Å². The van der Waals surface area contributed by atoms with E-state index >= 15 is 0 Å². The fourth-order valence-electron chi connectivity index (χ4n) is 1.59. The normalized spacial score (nSPS) is 11.9. The van der Waals surface area contributed by atoms with Gasteiger partial charge in [0.05, 0.1) is 17.8 Å². The zero-order chi connectivity index (χ0) is 13.0. The van der Waals surface area contributed by atoms with E-state index in [1.54, 1.807) is 12.3 Å². The Morgan fingerprint density at radius 2 is 1.94 bits per heavy atom. The Bertz CT molecular complexity index is 525. The number of carbonyl (C=O) groups excluding carboxylic acids is 1. The van der Waals surface area contributed by atoms with Gasteiger partial charge in [0.15, 0.2) is 0 Å². The van der Waals surface area contributed by atoms with E-state index in [4.69, 9.17) is 0 Å². The number of halogens is 1. The predicted octanol–water partition coefficient (Wildman–Crippen LogP) is 3.59. The quantitative estimate of drug-likeness (QED) is 0.881. The van der Waals surface area contributed by atoms with E-state index in [0.29, 0.717) is 5.69 Å². The Morgan fingerprint density at radius 3 is 2.56 bits per heavy atom. The molecule has 0 bridgehead atoms. The molecule has 2 aromatic rings. The SMILES string of the molecule is CC(C(=O)Nc1ccc(Br)nc1)c1ccccc1. The van der Waals surface area contributed by atoms with Crippen LogP contribution in [0.1, 0.15) is 18.4 Å². The first-order chi connectivity index (χ1) is 8.66. The smallest absolute Gasteiger partial charge is 0.231 e. The molecule has 0 spiro atoms. The van der Waals surface area contributed by atoms with Crippen LogP contribution in [0.5, 0.6) is 0 Å². The van der Waals surface area contributed by atoms with E-state index in [2.05, 4.69) is 26.2 Å². The fourth-order valence-corrected chi connectivity index (χ4v) is 1.83. The molecule has 0 aliphatic carbocycles. The second kappa shape index (κ2) is 5.78. The summed E-state index contributed by atoms with van der Waals surface area (Å²) in [5.74, 6) is -0.222. The number of anilines is 1. The highest BCUT2D eigenvalue weighted by Crippen LogP contribution is 2.17. The van der Waals surface area contributed by atoms with Crippen LogP contribution in [-0.4, -0.2) is 10.9 Å². The summed E-state index contributed by atoms with van der Waals surface area (Å²) < 4.78 is 0.747. The van der Waals surface area contributed by atoms with Gasteiger partial charge in [-0.3, -0.25) is 4.79 Å². The average Bonchev–Trinajstić information content (AvgIpc) is 2.41. The Labute approximate surface area is 114 Å². The molecule has 0 aliphatic rings. The van der Waals surface area contributed by atoms with Crippen LogP contribution in [0, 0.1) is 0 Å². The Balaban J connectivity index is 2.06. The van der Waals surface area contributed by atoms with E-state index in [-0.39, 0.29) is 11.8 Å². The molecule has 2 rings (SSSR count). The second-order valence-electron chi connectivity index (χ2n) is 3.99. The summed E-state index contributed by atoms with van der Waals surface area (Å²) in [6.07, 6.45) is 1.62. The number of aromatic nitrogens is 1. The number of hydrogen-bond acceptors (Lipinski definition) is 2. The minimum Gasteiger partial charge on any atom is -0.324 e. The van der Waals surface area contributed by atoms with Gasteiger partial charge in [0, 0.05) is 0 Å². The van der Waals surface area contributed by atoms with Gasteiger partial charge in [0.2, 0.25) is 5.91 Å². The van der Waals surface area contributed by atoms with Crippen molar-refractivity contribution in [1.82, 2.24) is 4.98 Å². The molecule has 0 fully saturated rings. The lowest BCUT2D eigenvalue weighted by molar-refractivity contribution is -0.117. The van der Waals surface area contributed by atoms with Crippen molar-refractivity contribution in [3.8, 4) is 0 Å². The molecular formula is C14H13BrN2O. The van der Waals surface area contributed by atoms with Gasteiger partial charge < -0.3 is 5.32 Å². The van der Waals surface area contributed by atoms with Crippen molar-refractivity contribution < 1.29 is 4.79 Å². The summed E-state index contributed by atoms with van der Waals surface area (Å²) in [5.41, 5.74) is 1.70. The summed E-state index contributed by atoms with van der Waals surface area (Å²) in [7, 11) is 0. The van der Waals surface area contributed by atoms with E-state index in [0.717, 1.165) is 10.2 Å². The lowest BCUT2D eigenvalue weighted by Crippen LogP contribution is -2.18. The van der Waals surface area contributed by atoms with Crippen LogP contribution in [0.4, 0.5) is 5.69 Å². The molecule has 4 heteroatoms. The molecule has 1 unspecified atom stereocenters. The highest BCUT2D eigenvalue weighted by Gasteiger charge is 2.14. The molecule has 1 N–H and O–H groups in total. The van der Waals surface area contributed by atoms with Gasteiger partial charge in [-0.05, 0) is 40.5 Å². The first-order valence-electron chi connectivity index (χ1n) is 5.64. The first-order valence-corrected chi connectivity index (χ1v) is 6.43. The van der Waals surface area contributed by atoms with Crippen LogP contribution in [0.25, 0.3) is 0 Å². The fraction of sp³-hybridized carbons (Fsp3) is 0.143. The molecule has 1 atom stereocenters. The number of pyridine rings is 1. The zero-order valence-corrected chi connectivity index (χ0v) is 11.5. The molecule has 1 aromatic heterocycles. The number of carbonyl (C=O) groups is 1. The molecule has 18 heavy (non-hydrogen) atoms. The Kier molecular flexibility index (Phi) is 4.10. The van der Waals surface area contributed by atoms with E-state index in [1.807, 2.05) is 43.3 Å². The molecule has 0 saturated heterocycles. The summed E-state index contributed by atoms with van der Waals surface area (Å²) in [6.45, 7) is 1.89. The van der Waals surface area contributed by atoms with Crippen molar-refractivity contribution in [2.75, 3.05) is 5.32 Å². The summed E-state index contributed by atoms with van der Waals surface area (Å²) in [6, 6.07) is 13.3. The van der Waals surface area contributed by atoms with Crippen molar-refractivity contribution in [3.05, 3.63) is 58.8 Å². The third-order valence-corrected chi connectivity index (χ3v) is 3.16. The average molecular weight is 305 g/mol. The van der Waals surface area contributed by atoms with Gasteiger partial charge in [-0.15, -0.1) is 0 Å². The molecule has 0 aliphatic heterocycles. The van der Waals surface area contributed by atoms with E-state index in [9.17, 15) is 4.79 Å². The second-order valence-corrected chi connectivity index (χ2v) is 4.80. The van der Waals surface area contributed by atoms with Crippen molar-refractivity contribution in [3.63, 3.8) is 0 Å². The van der Waals surface area contributed by atoms with Gasteiger partial charge in [0.1, 0.15) is 4.60 Å². The number of benzene rings is 1. The van der Waals surface area contributed by atoms with Crippen molar-refractivity contribution in [1.29, 1.82) is 0 Å². The van der Waals surface area contributed by atoms with Crippen molar-refractivity contribution >= 4 is 27.5 Å². The maximum Gasteiger partial charge on any atom is 0.231 e. The van der Waals surface area contributed by atoms with Gasteiger partial charge in [-0.25, -0.2) is 4.98 Å². The highest BCUT2D eigenvalue weighted by atomic mass is 79.9. The largest absolute Gasteiger partial charge is 0.324 e. The molecule has 1 heterocycles. The number of hydrogen-bond donors (Lipinski definition) is 1. The molecule has 0 radical (unpaired) electrons. The lowest BCUT2D eigenvalue weighted by Gasteiger charge is -2.12. The molecule has 0 saturated carbocycles. The molecule has 1 aromatic carbocycles. The van der Waals surface area contributed by atoms with Gasteiger partial charge in [-0.2, -0.15) is 0 Å². The highest BCUT2D eigenvalue weighted by molar-refractivity contribution is 9.10. The minimum absolute atomic E-state index is 0.0367. The number of rotatable bonds is 3. The van der Waals surface area contributed by atoms with Crippen LogP contribution in [0.3, 0.4) is 0 Å². The van der Waals surface area contributed by atoms with Crippen LogP contribution < -0.4 is 5.32 Å². The summed E-state index contributed by atoms with van der Waals surface area (Å²) in [4.78, 5) is 16.1. The zero-order valence-electron chi connectivity index (χ0n) is 9.93. The first kappa shape index (κ1) is 12.8. The van der Waals surface area contributed by atoms with E-state index < -0.39 is 0 Å². The lowest BCUT2D eigenvalue weighted by atomic mass is 10.0. The summed E-state index contributed by atoms with van der Waals surface area (Å²) in [5, 5.41) is 2.85. The predicted molar refractivity (Wildman–Crippen MR) is 75.4 cm³/mol. The summed E-state index contributed by atoms with van der Waals surface area (Å²) >= 11 is 3.25. The Hall–Kier alpha value is -1.68.